The highest BCUT2D eigenvalue weighted by atomic mass is 35.5. The molecule has 1 unspecified atom stereocenters. The van der Waals surface area contributed by atoms with E-state index in [4.69, 9.17) is 23.1 Å². The van der Waals surface area contributed by atoms with Gasteiger partial charge in [-0.15, -0.1) is 0 Å². The Morgan fingerprint density at radius 2 is 2.40 bits per heavy atom. The van der Waals surface area contributed by atoms with Gasteiger partial charge in [-0.1, -0.05) is 11.6 Å². The topological polar surface area (TPSA) is 84.4 Å². The molecule has 1 saturated heterocycles. The largest absolute Gasteiger partial charge is 0.389 e. The monoisotopic (exact) mass is 228 g/mol. The molecule has 0 aromatic heterocycles. The molecular formula is C9H13ClN4O. The normalized spacial score (nSPS) is 26.7. The van der Waals surface area contributed by atoms with E-state index in [0.29, 0.717) is 11.5 Å². The molecule has 0 spiro atoms. The second kappa shape index (κ2) is 3.66. The van der Waals surface area contributed by atoms with Crippen LogP contribution in [0.3, 0.4) is 0 Å². The molecule has 0 aromatic carbocycles. The predicted octanol–water partition coefficient (Wildman–Crippen LogP) is -0.253. The van der Waals surface area contributed by atoms with Crippen LogP contribution in [0.15, 0.2) is 22.8 Å². The minimum Gasteiger partial charge on any atom is -0.389 e. The molecule has 1 fully saturated rings. The summed E-state index contributed by atoms with van der Waals surface area (Å²) in [5, 5.41) is 2.79. The molecule has 15 heavy (non-hydrogen) atoms. The molecule has 0 aromatic rings. The van der Waals surface area contributed by atoms with Crippen molar-refractivity contribution in [3.63, 3.8) is 0 Å². The Balaban J connectivity index is 2.37. The van der Waals surface area contributed by atoms with E-state index in [2.05, 4.69) is 5.32 Å². The molecule has 0 radical (unpaired) electrons. The van der Waals surface area contributed by atoms with Gasteiger partial charge in [0.2, 0.25) is 5.91 Å². The highest BCUT2D eigenvalue weighted by Gasteiger charge is 2.36. The van der Waals surface area contributed by atoms with Gasteiger partial charge < -0.3 is 21.7 Å². The number of halogens is 1. The summed E-state index contributed by atoms with van der Waals surface area (Å²) < 4.78 is 0. The average molecular weight is 229 g/mol. The van der Waals surface area contributed by atoms with Gasteiger partial charge in [0.15, 0.2) is 0 Å². The van der Waals surface area contributed by atoms with E-state index < -0.39 is 0 Å². The summed E-state index contributed by atoms with van der Waals surface area (Å²) in [5.74, 6) is 0.275. The van der Waals surface area contributed by atoms with Gasteiger partial charge in [0.1, 0.15) is 17.0 Å². The van der Waals surface area contributed by atoms with Crippen LogP contribution in [0.25, 0.3) is 0 Å². The Morgan fingerprint density at radius 1 is 1.67 bits per heavy atom. The highest BCUT2D eigenvalue weighted by molar-refractivity contribution is 6.29. The molecule has 5 nitrogen and oxygen atoms in total. The summed E-state index contributed by atoms with van der Waals surface area (Å²) in [4.78, 5) is 13.5. The predicted molar refractivity (Wildman–Crippen MR) is 57.2 cm³/mol. The smallest absolute Gasteiger partial charge is 0.248 e. The third kappa shape index (κ3) is 1.74. The molecule has 6 heteroatoms. The van der Waals surface area contributed by atoms with Gasteiger partial charge in [0.05, 0.1) is 5.70 Å². The number of nitrogens with two attached hydrogens (primary N) is 2. The van der Waals surface area contributed by atoms with Gasteiger partial charge in [-0.05, 0) is 18.9 Å². The molecule has 0 aliphatic carbocycles. The average Bonchev–Trinajstić information content (AvgIpc) is 2.60. The van der Waals surface area contributed by atoms with Gasteiger partial charge in [-0.25, -0.2) is 0 Å². The maximum Gasteiger partial charge on any atom is 0.248 e. The van der Waals surface area contributed by atoms with Crippen LogP contribution >= 0.6 is 11.6 Å². The highest BCUT2D eigenvalue weighted by Crippen LogP contribution is 2.27. The standard InChI is InChI=1S/C9H13ClN4O/c10-7(11)4-6-8(12)13-9(15)5-2-1-3-14(5)6/h4-5H,1-3,11-12H2,(H,13,15)/b7-4-. The number of amides is 1. The zero-order chi connectivity index (χ0) is 11.0. The first kappa shape index (κ1) is 10.2. The first-order chi connectivity index (χ1) is 7.09. The van der Waals surface area contributed by atoms with E-state index in [1.54, 1.807) is 6.08 Å². The van der Waals surface area contributed by atoms with Crippen LogP contribution in [0.1, 0.15) is 12.8 Å². The quantitative estimate of drug-likeness (QED) is 0.541. The Morgan fingerprint density at radius 3 is 3.07 bits per heavy atom. The van der Waals surface area contributed by atoms with Crippen molar-refractivity contribution in [2.24, 2.45) is 11.5 Å². The van der Waals surface area contributed by atoms with Crippen molar-refractivity contribution in [2.75, 3.05) is 6.54 Å². The van der Waals surface area contributed by atoms with Crippen LogP contribution in [0, 0.1) is 0 Å². The van der Waals surface area contributed by atoms with E-state index in [1.807, 2.05) is 4.90 Å². The lowest BCUT2D eigenvalue weighted by atomic mass is 10.1. The number of hydrogen-bond donors (Lipinski definition) is 3. The van der Waals surface area contributed by atoms with Gasteiger partial charge in [-0.3, -0.25) is 4.79 Å². The zero-order valence-corrected chi connectivity index (χ0v) is 8.92. The molecule has 0 bridgehead atoms. The molecule has 0 saturated carbocycles. The fraction of sp³-hybridized carbons (Fsp3) is 0.444. The third-order valence-corrected chi connectivity index (χ3v) is 2.78. The SMILES string of the molecule is NC1=C(/C=C(\N)Cl)N2CCCC2C(=O)N1. The summed E-state index contributed by atoms with van der Waals surface area (Å²) in [7, 11) is 0. The minimum atomic E-state index is -0.125. The number of carbonyl (C=O) groups is 1. The first-order valence-electron chi connectivity index (χ1n) is 4.79. The number of fused-ring (bicyclic) bond motifs is 1. The fourth-order valence-electron chi connectivity index (χ4n) is 2.05. The molecule has 82 valence electrons. The van der Waals surface area contributed by atoms with Gasteiger partial charge in [-0.2, -0.15) is 0 Å². The fourth-order valence-corrected chi connectivity index (χ4v) is 2.16. The van der Waals surface area contributed by atoms with Crippen molar-refractivity contribution in [3.8, 4) is 0 Å². The van der Waals surface area contributed by atoms with E-state index in [0.717, 1.165) is 19.4 Å². The van der Waals surface area contributed by atoms with Crippen LogP contribution in [-0.2, 0) is 4.79 Å². The summed E-state index contributed by atoms with van der Waals surface area (Å²) in [6.45, 7) is 0.814. The van der Waals surface area contributed by atoms with Crippen LogP contribution in [-0.4, -0.2) is 23.4 Å². The van der Waals surface area contributed by atoms with Crippen LogP contribution in [0.2, 0.25) is 0 Å². The van der Waals surface area contributed by atoms with Crippen molar-refractivity contribution in [1.29, 1.82) is 0 Å². The van der Waals surface area contributed by atoms with Crippen molar-refractivity contribution < 1.29 is 4.79 Å². The lowest BCUT2D eigenvalue weighted by Gasteiger charge is -2.32. The number of nitrogens with zero attached hydrogens (tertiary/aromatic N) is 1. The van der Waals surface area contributed by atoms with Crippen LogP contribution < -0.4 is 16.8 Å². The van der Waals surface area contributed by atoms with Crippen molar-refractivity contribution in [2.45, 2.75) is 18.9 Å². The Labute approximate surface area is 92.7 Å². The molecule has 1 atom stereocenters. The maximum absolute atomic E-state index is 11.6. The molecule has 2 heterocycles. The van der Waals surface area contributed by atoms with Gasteiger partial charge in [0, 0.05) is 6.54 Å². The van der Waals surface area contributed by atoms with E-state index >= 15 is 0 Å². The zero-order valence-electron chi connectivity index (χ0n) is 8.16. The summed E-state index contributed by atoms with van der Waals surface area (Å²) in [6, 6.07) is -0.125. The lowest BCUT2D eigenvalue weighted by Crippen LogP contribution is -2.50. The van der Waals surface area contributed by atoms with Gasteiger partial charge in [0.25, 0.3) is 0 Å². The number of carbonyl (C=O) groups excluding carboxylic acids is 1. The Bertz CT molecular complexity index is 359. The van der Waals surface area contributed by atoms with Crippen molar-refractivity contribution in [3.05, 3.63) is 22.8 Å². The minimum absolute atomic E-state index is 0.0460. The number of rotatable bonds is 1. The third-order valence-electron chi connectivity index (χ3n) is 2.67. The molecule has 2 aliphatic rings. The molecule has 5 N–H and O–H groups in total. The van der Waals surface area contributed by atoms with E-state index in [1.165, 1.54) is 0 Å². The molecule has 1 amide bonds. The van der Waals surface area contributed by atoms with Crippen LogP contribution in [0.4, 0.5) is 0 Å². The Hall–Kier alpha value is -1.36. The Kier molecular flexibility index (Phi) is 2.48. The number of allylic oxidation sites excluding steroid dienone is 1. The van der Waals surface area contributed by atoms with Crippen molar-refractivity contribution in [1.82, 2.24) is 10.2 Å². The van der Waals surface area contributed by atoms with Crippen LogP contribution in [0.5, 0.6) is 0 Å². The van der Waals surface area contributed by atoms with Gasteiger partial charge >= 0.3 is 0 Å². The summed E-state index contributed by atoms with van der Waals surface area (Å²) >= 11 is 5.61. The van der Waals surface area contributed by atoms with E-state index in [9.17, 15) is 4.79 Å². The summed E-state index contributed by atoms with van der Waals surface area (Å²) in [6.07, 6.45) is 3.40. The van der Waals surface area contributed by atoms with E-state index in [-0.39, 0.29) is 17.1 Å². The second-order valence-electron chi connectivity index (χ2n) is 3.67. The van der Waals surface area contributed by atoms with Crippen molar-refractivity contribution >= 4 is 17.5 Å². The summed E-state index contributed by atoms with van der Waals surface area (Å²) in [5.41, 5.74) is 11.8. The first-order valence-corrected chi connectivity index (χ1v) is 5.17. The molecular weight excluding hydrogens is 216 g/mol. The maximum atomic E-state index is 11.6. The lowest BCUT2D eigenvalue weighted by molar-refractivity contribution is -0.125. The molecule has 2 rings (SSSR count). The number of nitrogens with one attached hydrogen (secondary N) is 1. The molecule has 2 aliphatic heterocycles. The second-order valence-corrected chi connectivity index (χ2v) is 4.11. The number of hydrogen-bond acceptors (Lipinski definition) is 4.